The van der Waals surface area contributed by atoms with E-state index >= 15 is 0 Å². The van der Waals surface area contributed by atoms with E-state index in [2.05, 4.69) is 11.4 Å². The van der Waals surface area contributed by atoms with Crippen LogP contribution in [0.1, 0.15) is 25.0 Å². The van der Waals surface area contributed by atoms with Crippen molar-refractivity contribution in [2.75, 3.05) is 5.32 Å². The molecule has 3 heteroatoms. The molecule has 1 aliphatic heterocycles. The number of phenols is 2. The Morgan fingerprint density at radius 1 is 0.889 bits per heavy atom. The van der Waals surface area contributed by atoms with E-state index in [9.17, 15) is 10.2 Å². The number of hydrogen-bond donors (Lipinski definition) is 3. The molecule has 0 spiro atoms. The summed E-state index contributed by atoms with van der Waals surface area (Å²) in [4.78, 5) is 0. The Morgan fingerprint density at radius 3 is 2.33 bits per heavy atom. The second-order valence-electron chi connectivity index (χ2n) is 3.96. The van der Waals surface area contributed by atoms with Crippen molar-refractivity contribution in [2.24, 2.45) is 0 Å². The molecule has 2 aromatic rings. The monoisotopic (exact) mass is 243 g/mol. The molecular weight excluding hydrogens is 226 g/mol. The van der Waals surface area contributed by atoms with Gasteiger partial charge in [0.1, 0.15) is 0 Å². The first-order chi connectivity index (χ1) is 8.74. The summed E-state index contributed by atoms with van der Waals surface area (Å²) >= 11 is 0. The van der Waals surface area contributed by atoms with Crippen LogP contribution in [0.2, 0.25) is 0 Å². The highest BCUT2D eigenvalue weighted by Crippen LogP contribution is 2.38. The summed E-state index contributed by atoms with van der Waals surface area (Å²) in [6, 6.07) is 11.2. The number of phenolic OH excluding ortho intramolecular Hbond substituents is 2. The lowest BCUT2D eigenvalue weighted by molar-refractivity contribution is 0.403. The Balaban J connectivity index is 0.000000574. The largest absolute Gasteiger partial charge is 0.504 e. The second kappa shape index (κ2) is 5.00. The van der Waals surface area contributed by atoms with Gasteiger partial charge < -0.3 is 15.5 Å². The molecule has 0 aliphatic carbocycles. The third-order valence-corrected chi connectivity index (χ3v) is 2.87. The molecule has 94 valence electrons. The Bertz CT molecular complexity index is 514. The van der Waals surface area contributed by atoms with Gasteiger partial charge in [-0.2, -0.15) is 0 Å². The minimum absolute atomic E-state index is 0.0695. The molecular formula is C15H17NO2. The summed E-state index contributed by atoms with van der Waals surface area (Å²) < 4.78 is 0. The van der Waals surface area contributed by atoms with Crippen LogP contribution >= 0.6 is 0 Å². The molecule has 0 aromatic heterocycles. The van der Waals surface area contributed by atoms with Crippen LogP contribution in [0, 0.1) is 0 Å². The zero-order chi connectivity index (χ0) is 13.1. The number of nitrogens with one attached hydrogen (secondary N) is 1. The van der Waals surface area contributed by atoms with E-state index in [1.54, 1.807) is 12.1 Å². The standard InChI is InChI=1S/C13H11NO2.C2H6/c15-12-6-9-5-8-3-1-2-4-10(8)14-11(9)7-13(12)16;1-2/h1-4,6-7,14-16H,5H2;1-2H3. The molecule has 2 aromatic carbocycles. The summed E-state index contributed by atoms with van der Waals surface area (Å²) in [6.45, 7) is 4.00. The van der Waals surface area contributed by atoms with Gasteiger partial charge in [0.15, 0.2) is 11.5 Å². The van der Waals surface area contributed by atoms with E-state index in [-0.39, 0.29) is 11.5 Å². The topological polar surface area (TPSA) is 52.5 Å². The predicted molar refractivity (Wildman–Crippen MR) is 73.7 cm³/mol. The third-order valence-electron chi connectivity index (χ3n) is 2.87. The highest BCUT2D eigenvalue weighted by Gasteiger charge is 2.16. The van der Waals surface area contributed by atoms with Gasteiger partial charge in [-0.1, -0.05) is 32.0 Å². The Morgan fingerprint density at radius 2 is 1.56 bits per heavy atom. The van der Waals surface area contributed by atoms with E-state index in [1.807, 2.05) is 32.0 Å². The third kappa shape index (κ3) is 2.12. The summed E-state index contributed by atoms with van der Waals surface area (Å²) in [7, 11) is 0. The molecule has 3 N–H and O–H groups in total. The van der Waals surface area contributed by atoms with Crippen LogP contribution in [0.5, 0.6) is 11.5 Å². The quantitative estimate of drug-likeness (QED) is 0.416. The van der Waals surface area contributed by atoms with Crippen molar-refractivity contribution in [2.45, 2.75) is 20.3 Å². The Hall–Kier alpha value is -2.16. The van der Waals surface area contributed by atoms with Crippen molar-refractivity contribution in [1.82, 2.24) is 0 Å². The minimum atomic E-state index is -0.0920. The molecule has 1 heterocycles. The predicted octanol–water partition coefficient (Wildman–Crippen LogP) is 3.77. The molecule has 0 saturated heterocycles. The van der Waals surface area contributed by atoms with Crippen molar-refractivity contribution in [3.63, 3.8) is 0 Å². The van der Waals surface area contributed by atoms with Crippen molar-refractivity contribution < 1.29 is 10.2 Å². The van der Waals surface area contributed by atoms with Gasteiger partial charge in [-0.25, -0.2) is 0 Å². The molecule has 18 heavy (non-hydrogen) atoms. The molecule has 0 radical (unpaired) electrons. The molecule has 0 saturated carbocycles. The van der Waals surface area contributed by atoms with E-state index in [0.717, 1.165) is 23.4 Å². The smallest absolute Gasteiger partial charge is 0.159 e. The number of benzene rings is 2. The van der Waals surface area contributed by atoms with E-state index < -0.39 is 0 Å². The molecule has 0 amide bonds. The first-order valence-electron chi connectivity index (χ1n) is 6.14. The van der Waals surface area contributed by atoms with Gasteiger partial charge in [0.05, 0.1) is 0 Å². The number of para-hydroxylation sites is 1. The van der Waals surface area contributed by atoms with Crippen LogP contribution in [0.15, 0.2) is 36.4 Å². The van der Waals surface area contributed by atoms with Crippen LogP contribution in [-0.4, -0.2) is 10.2 Å². The fourth-order valence-electron chi connectivity index (χ4n) is 2.03. The number of hydrogen-bond acceptors (Lipinski definition) is 3. The van der Waals surface area contributed by atoms with Gasteiger partial charge in [-0.05, 0) is 23.3 Å². The average molecular weight is 243 g/mol. The molecule has 0 atom stereocenters. The molecule has 1 aliphatic rings. The molecule has 0 bridgehead atoms. The number of rotatable bonds is 0. The van der Waals surface area contributed by atoms with Crippen LogP contribution in [0.4, 0.5) is 11.4 Å². The highest BCUT2D eigenvalue weighted by molar-refractivity contribution is 5.73. The summed E-state index contributed by atoms with van der Waals surface area (Å²) in [6.07, 6.45) is 0.770. The summed E-state index contributed by atoms with van der Waals surface area (Å²) in [5.41, 5.74) is 4.10. The van der Waals surface area contributed by atoms with E-state index in [4.69, 9.17) is 0 Å². The van der Waals surface area contributed by atoms with E-state index in [1.165, 1.54) is 5.56 Å². The van der Waals surface area contributed by atoms with E-state index in [0.29, 0.717) is 0 Å². The van der Waals surface area contributed by atoms with Crippen LogP contribution < -0.4 is 5.32 Å². The summed E-state index contributed by atoms with van der Waals surface area (Å²) in [5, 5.41) is 22.1. The zero-order valence-electron chi connectivity index (χ0n) is 10.6. The molecule has 0 fully saturated rings. The Kier molecular flexibility index (Phi) is 3.42. The lowest BCUT2D eigenvalue weighted by Crippen LogP contribution is -2.06. The van der Waals surface area contributed by atoms with Crippen molar-refractivity contribution in [3.05, 3.63) is 47.5 Å². The first kappa shape index (κ1) is 12.3. The lowest BCUT2D eigenvalue weighted by Gasteiger charge is -2.21. The van der Waals surface area contributed by atoms with Crippen LogP contribution in [0.25, 0.3) is 0 Å². The van der Waals surface area contributed by atoms with Gasteiger partial charge in [0.25, 0.3) is 0 Å². The maximum absolute atomic E-state index is 9.45. The number of anilines is 2. The SMILES string of the molecule is CC.Oc1cc2c(cc1O)Nc1ccccc1C2. The Labute approximate surface area is 107 Å². The molecule has 3 rings (SSSR count). The average Bonchev–Trinajstić information content (AvgIpc) is 2.40. The second-order valence-corrected chi connectivity index (χ2v) is 3.96. The minimum Gasteiger partial charge on any atom is -0.504 e. The lowest BCUT2D eigenvalue weighted by atomic mass is 9.97. The zero-order valence-corrected chi connectivity index (χ0v) is 10.6. The number of aromatic hydroxyl groups is 2. The van der Waals surface area contributed by atoms with Gasteiger partial charge in [-0.15, -0.1) is 0 Å². The van der Waals surface area contributed by atoms with Crippen LogP contribution in [-0.2, 0) is 6.42 Å². The first-order valence-corrected chi connectivity index (χ1v) is 6.14. The summed E-state index contributed by atoms with van der Waals surface area (Å²) in [5.74, 6) is -0.162. The fourth-order valence-corrected chi connectivity index (χ4v) is 2.03. The van der Waals surface area contributed by atoms with Crippen LogP contribution in [0.3, 0.4) is 0 Å². The van der Waals surface area contributed by atoms with Crippen molar-refractivity contribution in [1.29, 1.82) is 0 Å². The molecule has 0 unspecified atom stereocenters. The fraction of sp³-hybridized carbons (Fsp3) is 0.200. The highest BCUT2D eigenvalue weighted by atomic mass is 16.3. The van der Waals surface area contributed by atoms with Gasteiger partial charge in [0, 0.05) is 23.9 Å². The van der Waals surface area contributed by atoms with Gasteiger partial charge in [-0.3, -0.25) is 0 Å². The normalized spacial score (nSPS) is 11.4. The van der Waals surface area contributed by atoms with Gasteiger partial charge in [0.2, 0.25) is 0 Å². The van der Waals surface area contributed by atoms with Crippen molar-refractivity contribution >= 4 is 11.4 Å². The van der Waals surface area contributed by atoms with Gasteiger partial charge >= 0.3 is 0 Å². The molecule has 3 nitrogen and oxygen atoms in total. The maximum atomic E-state index is 9.45. The maximum Gasteiger partial charge on any atom is 0.159 e. The van der Waals surface area contributed by atoms with Crippen molar-refractivity contribution in [3.8, 4) is 11.5 Å². The number of fused-ring (bicyclic) bond motifs is 2.